The van der Waals surface area contributed by atoms with Crippen LogP contribution in [0.5, 0.6) is 0 Å². The van der Waals surface area contributed by atoms with Crippen LogP contribution in [-0.4, -0.2) is 32.4 Å². The van der Waals surface area contributed by atoms with Gasteiger partial charge in [-0.3, -0.25) is 0 Å². The smallest absolute Gasteiger partial charge is 0.276 e. The number of nitrogens with two attached hydrogens (primary N) is 1. The van der Waals surface area contributed by atoms with Gasteiger partial charge in [-0.25, -0.2) is 8.42 Å². The van der Waals surface area contributed by atoms with Crippen molar-refractivity contribution in [2.45, 2.75) is 17.9 Å². The van der Waals surface area contributed by atoms with Gasteiger partial charge in [0.15, 0.2) is 0 Å². The van der Waals surface area contributed by atoms with Crippen LogP contribution in [0.15, 0.2) is 27.9 Å². The fraction of sp³-hybridized carbons (Fsp3) is 0.600. The molecule has 0 radical (unpaired) electrons. The highest BCUT2D eigenvalue weighted by Crippen LogP contribution is 2.23. The van der Waals surface area contributed by atoms with Crippen LogP contribution in [0.1, 0.15) is 12.8 Å². The van der Waals surface area contributed by atoms with Crippen molar-refractivity contribution in [2.75, 3.05) is 19.6 Å². The topological polar surface area (TPSA) is 76.5 Å². The van der Waals surface area contributed by atoms with E-state index in [9.17, 15) is 8.42 Å². The third kappa shape index (κ3) is 3.01. The number of piperidine rings is 1. The van der Waals surface area contributed by atoms with Gasteiger partial charge in [-0.05, 0) is 37.4 Å². The van der Waals surface area contributed by atoms with E-state index in [-0.39, 0.29) is 23.4 Å². The Morgan fingerprint density at radius 1 is 1.53 bits per heavy atom. The molecule has 2 heterocycles. The molecule has 0 amide bonds. The molecule has 7 heteroatoms. The molecule has 1 saturated heterocycles. The Morgan fingerprint density at radius 2 is 2.29 bits per heavy atom. The molecule has 1 atom stereocenters. The van der Waals surface area contributed by atoms with Crippen molar-refractivity contribution >= 4 is 22.4 Å². The van der Waals surface area contributed by atoms with Crippen molar-refractivity contribution in [1.82, 2.24) is 4.31 Å². The first-order valence-electron chi connectivity index (χ1n) is 5.38. The van der Waals surface area contributed by atoms with Crippen LogP contribution < -0.4 is 5.73 Å². The lowest BCUT2D eigenvalue weighted by molar-refractivity contribution is 0.265. The molecular formula is C10H17ClN2O3S. The SMILES string of the molecule is Cl.NCC1CCCN(S(=O)(=O)c2ccco2)C1. The Labute approximate surface area is 107 Å². The molecule has 1 fully saturated rings. The second-order valence-corrected chi connectivity index (χ2v) is 5.91. The first-order chi connectivity index (χ1) is 7.64. The fourth-order valence-corrected chi connectivity index (χ4v) is 3.43. The van der Waals surface area contributed by atoms with Gasteiger partial charge in [0.25, 0.3) is 10.0 Å². The van der Waals surface area contributed by atoms with Crippen molar-refractivity contribution in [3.63, 3.8) is 0 Å². The highest BCUT2D eigenvalue weighted by molar-refractivity contribution is 7.89. The van der Waals surface area contributed by atoms with Gasteiger partial charge in [0, 0.05) is 13.1 Å². The Morgan fingerprint density at radius 3 is 2.88 bits per heavy atom. The van der Waals surface area contributed by atoms with Gasteiger partial charge < -0.3 is 10.2 Å². The van der Waals surface area contributed by atoms with Gasteiger partial charge in [0.1, 0.15) is 0 Å². The minimum atomic E-state index is -3.45. The summed E-state index contributed by atoms with van der Waals surface area (Å²) in [5, 5.41) is 0.0187. The van der Waals surface area contributed by atoms with E-state index in [1.54, 1.807) is 6.07 Å². The van der Waals surface area contributed by atoms with Gasteiger partial charge >= 0.3 is 0 Å². The molecule has 0 saturated carbocycles. The maximum Gasteiger partial charge on any atom is 0.276 e. The monoisotopic (exact) mass is 280 g/mol. The number of nitrogens with zero attached hydrogens (tertiary/aromatic N) is 1. The van der Waals surface area contributed by atoms with Gasteiger partial charge in [0.05, 0.1) is 6.26 Å². The van der Waals surface area contributed by atoms with Crippen molar-refractivity contribution in [3.8, 4) is 0 Å². The number of rotatable bonds is 3. The third-order valence-corrected chi connectivity index (χ3v) is 4.66. The van der Waals surface area contributed by atoms with Crippen LogP contribution in [0.2, 0.25) is 0 Å². The quantitative estimate of drug-likeness (QED) is 0.898. The normalized spacial score (nSPS) is 22.1. The predicted molar refractivity (Wildman–Crippen MR) is 66.5 cm³/mol. The Balaban J connectivity index is 0.00000144. The maximum absolute atomic E-state index is 12.1. The molecule has 1 aliphatic heterocycles. The first-order valence-corrected chi connectivity index (χ1v) is 6.82. The highest BCUT2D eigenvalue weighted by Gasteiger charge is 2.31. The van der Waals surface area contributed by atoms with Crippen molar-refractivity contribution in [1.29, 1.82) is 0 Å². The number of halogens is 1. The van der Waals surface area contributed by atoms with Crippen LogP contribution in [-0.2, 0) is 10.0 Å². The molecule has 98 valence electrons. The van der Waals surface area contributed by atoms with Gasteiger partial charge in [-0.2, -0.15) is 4.31 Å². The van der Waals surface area contributed by atoms with Gasteiger partial charge in [-0.1, -0.05) is 0 Å². The summed E-state index contributed by atoms with van der Waals surface area (Å²) in [4.78, 5) is 0. The van der Waals surface area contributed by atoms with E-state index in [4.69, 9.17) is 10.2 Å². The zero-order chi connectivity index (χ0) is 11.6. The second kappa shape index (κ2) is 5.86. The molecule has 0 spiro atoms. The first kappa shape index (κ1) is 14.5. The summed E-state index contributed by atoms with van der Waals surface area (Å²) in [5.41, 5.74) is 5.58. The molecule has 2 N–H and O–H groups in total. The van der Waals surface area contributed by atoms with Crippen molar-refractivity contribution < 1.29 is 12.8 Å². The van der Waals surface area contributed by atoms with E-state index in [1.165, 1.54) is 16.6 Å². The van der Waals surface area contributed by atoms with E-state index in [0.29, 0.717) is 19.6 Å². The predicted octanol–water partition coefficient (Wildman–Crippen LogP) is 1.06. The average Bonchev–Trinajstić information content (AvgIpc) is 2.83. The van der Waals surface area contributed by atoms with E-state index < -0.39 is 10.0 Å². The maximum atomic E-state index is 12.1. The van der Waals surface area contributed by atoms with Crippen LogP contribution in [0.25, 0.3) is 0 Å². The summed E-state index contributed by atoms with van der Waals surface area (Å²) in [5.74, 6) is 0.262. The summed E-state index contributed by atoms with van der Waals surface area (Å²) >= 11 is 0. The molecule has 0 aromatic carbocycles. The second-order valence-electron chi connectivity index (χ2n) is 4.04. The number of hydrogen-bond donors (Lipinski definition) is 1. The lowest BCUT2D eigenvalue weighted by Gasteiger charge is -2.30. The lowest BCUT2D eigenvalue weighted by atomic mass is 10.0. The van der Waals surface area contributed by atoms with Crippen LogP contribution in [0.3, 0.4) is 0 Å². The Kier molecular flexibility index (Phi) is 5.00. The summed E-state index contributed by atoms with van der Waals surface area (Å²) < 4.78 is 30.6. The molecular weight excluding hydrogens is 264 g/mol. The fourth-order valence-electron chi connectivity index (χ4n) is 1.98. The number of furan rings is 1. The lowest BCUT2D eigenvalue weighted by Crippen LogP contribution is -2.41. The standard InChI is InChI=1S/C10H16N2O3S.ClH/c11-7-9-3-1-5-12(8-9)16(13,14)10-4-2-6-15-10;/h2,4,6,9H,1,3,5,7-8,11H2;1H. The summed E-state index contributed by atoms with van der Waals surface area (Å²) in [6.45, 7) is 1.59. The Hall–Kier alpha value is -0.560. The minimum absolute atomic E-state index is 0. The number of sulfonamides is 1. The molecule has 5 nitrogen and oxygen atoms in total. The van der Waals surface area contributed by atoms with Gasteiger partial charge in [-0.15, -0.1) is 12.4 Å². The highest BCUT2D eigenvalue weighted by atomic mass is 35.5. The zero-order valence-corrected chi connectivity index (χ0v) is 11.0. The average molecular weight is 281 g/mol. The number of hydrogen-bond acceptors (Lipinski definition) is 4. The third-order valence-electron chi connectivity index (χ3n) is 2.90. The van der Waals surface area contributed by atoms with Crippen LogP contribution in [0.4, 0.5) is 0 Å². The largest absolute Gasteiger partial charge is 0.452 e. The van der Waals surface area contributed by atoms with Crippen molar-refractivity contribution in [2.24, 2.45) is 11.7 Å². The molecule has 1 aromatic heterocycles. The summed E-state index contributed by atoms with van der Waals surface area (Å²) in [6.07, 6.45) is 3.24. The molecule has 1 aromatic rings. The molecule has 17 heavy (non-hydrogen) atoms. The van der Waals surface area contributed by atoms with E-state index >= 15 is 0 Å². The van der Waals surface area contributed by atoms with E-state index in [1.807, 2.05) is 0 Å². The molecule has 1 unspecified atom stereocenters. The van der Waals surface area contributed by atoms with Crippen LogP contribution >= 0.6 is 12.4 Å². The molecule has 0 aliphatic carbocycles. The van der Waals surface area contributed by atoms with E-state index in [0.717, 1.165) is 12.8 Å². The summed E-state index contributed by atoms with van der Waals surface area (Å²) in [6, 6.07) is 3.05. The minimum Gasteiger partial charge on any atom is -0.452 e. The Bertz CT molecular complexity index is 432. The van der Waals surface area contributed by atoms with E-state index in [2.05, 4.69) is 0 Å². The molecule has 0 bridgehead atoms. The van der Waals surface area contributed by atoms with Gasteiger partial charge in [0.2, 0.25) is 5.09 Å². The zero-order valence-electron chi connectivity index (χ0n) is 9.41. The van der Waals surface area contributed by atoms with Crippen LogP contribution in [0, 0.1) is 5.92 Å². The molecule has 1 aliphatic rings. The summed E-state index contributed by atoms with van der Waals surface area (Å²) in [7, 11) is -3.45. The van der Waals surface area contributed by atoms with Crippen molar-refractivity contribution in [3.05, 3.63) is 18.4 Å². The molecule has 2 rings (SSSR count).